The lowest BCUT2D eigenvalue weighted by Crippen LogP contribution is -2.54. The number of carboxylic acid groups (broad SMARTS) is 1. The molecule has 0 bridgehead atoms. The van der Waals surface area contributed by atoms with Gasteiger partial charge in [-0.15, -0.1) is 0 Å². The molecule has 5 nitrogen and oxygen atoms in total. The van der Waals surface area contributed by atoms with Gasteiger partial charge in [-0.05, 0) is 27.7 Å². The highest BCUT2D eigenvalue weighted by Gasteiger charge is 2.34. The first-order valence-corrected chi connectivity index (χ1v) is 5.09. The molecule has 0 unspecified atom stereocenters. The van der Waals surface area contributed by atoms with E-state index in [2.05, 4.69) is 17.9 Å². The summed E-state index contributed by atoms with van der Waals surface area (Å²) in [5.41, 5.74) is -2.06. The molecule has 0 spiro atoms. The molecule has 0 heterocycles. The number of carboxylic acids is 1. The number of nitrogens with one attached hydrogen (secondary N) is 1. The average molecular weight is 235 g/mol. The monoisotopic (exact) mass is 235 g/mol. The lowest BCUT2D eigenvalue weighted by atomic mass is 10.1. The zero-order valence-corrected chi connectivity index (χ0v) is 10.2. The lowest BCUT2D eigenvalue weighted by molar-refractivity contribution is -0.143. The van der Waals surface area contributed by atoms with Crippen molar-refractivity contribution in [1.29, 1.82) is 0 Å². The Kier molecular flexibility index (Phi) is 4.45. The van der Waals surface area contributed by atoms with Gasteiger partial charge in [0.15, 0.2) is 0 Å². The molecule has 0 aliphatic carbocycles. The smallest absolute Gasteiger partial charge is 0.408 e. The van der Waals surface area contributed by atoms with Crippen molar-refractivity contribution in [2.75, 3.05) is 5.75 Å². The Labute approximate surface area is 94.6 Å². The quantitative estimate of drug-likeness (QED) is 0.644. The Morgan fingerprint density at radius 1 is 1.33 bits per heavy atom. The first-order chi connectivity index (χ1) is 6.60. The van der Waals surface area contributed by atoms with Crippen LogP contribution in [0.2, 0.25) is 0 Å². The summed E-state index contributed by atoms with van der Waals surface area (Å²) in [6.45, 7) is 6.47. The fourth-order valence-corrected chi connectivity index (χ4v) is 0.904. The maximum absolute atomic E-state index is 11.3. The summed E-state index contributed by atoms with van der Waals surface area (Å²) in [5, 5.41) is 11.1. The van der Waals surface area contributed by atoms with Crippen LogP contribution in [0.15, 0.2) is 0 Å². The molecule has 0 saturated carbocycles. The Morgan fingerprint density at radius 2 is 1.80 bits per heavy atom. The number of amides is 1. The van der Waals surface area contributed by atoms with Gasteiger partial charge in [0.25, 0.3) is 0 Å². The maximum atomic E-state index is 11.3. The van der Waals surface area contributed by atoms with Gasteiger partial charge in [0, 0.05) is 5.75 Å². The normalized spacial score (nSPS) is 15.3. The molecule has 0 fully saturated rings. The van der Waals surface area contributed by atoms with Crippen LogP contribution in [0.5, 0.6) is 0 Å². The molecule has 0 rings (SSSR count). The van der Waals surface area contributed by atoms with Gasteiger partial charge in [-0.1, -0.05) is 0 Å². The van der Waals surface area contributed by atoms with Crippen molar-refractivity contribution in [3.63, 3.8) is 0 Å². The molecule has 2 N–H and O–H groups in total. The van der Waals surface area contributed by atoms with Crippen molar-refractivity contribution in [2.24, 2.45) is 0 Å². The van der Waals surface area contributed by atoms with Crippen LogP contribution >= 0.6 is 12.6 Å². The highest BCUT2D eigenvalue weighted by atomic mass is 32.1. The van der Waals surface area contributed by atoms with E-state index < -0.39 is 23.2 Å². The van der Waals surface area contributed by atoms with Gasteiger partial charge >= 0.3 is 12.1 Å². The Bertz CT molecular complexity index is 261. The summed E-state index contributed by atoms with van der Waals surface area (Å²) in [7, 11) is 0. The van der Waals surface area contributed by atoms with Crippen LogP contribution in [0, 0.1) is 0 Å². The topological polar surface area (TPSA) is 75.6 Å². The van der Waals surface area contributed by atoms with Crippen LogP contribution < -0.4 is 5.32 Å². The van der Waals surface area contributed by atoms with Gasteiger partial charge in [-0.2, -0.15) is 12.6 Å². The summed E-state index contributed by atoms with van der Waals surface area (Å²) in [5.74, 6) is -1.16. The molecule has 0 aromatic rings. The van der Waals surface area contributed by atoms with Crippen molar-refractivity contribution in [2.45, 2.75) is 38.8 Å². The highest BCUT2D eigenvalue weighted by Crippen LogP contribution is 2.11. The van der Waals surface area contributed by atoms with Gasteiger partial charge in [-0.25, -0.2) is 9.59 Å². The van der Waals surface area contributed by atoms with E-state index in [1.807, 2.05) is 0 Å². The van der Waals surface area contributed by atoms with Gasteiger partial charge < -0.3 is 15.2 Å². The standard InChI is InChI=1S/C9H17NO4S/c1-8(2,3)14-7(13)10-9(4,5-15)6(11)12/h15H,5H2,1-4H3,(H,10,13)(H,11,12)/t9-/m0/s1. The number of carbonyl (C=O) groups excluding carboxylic acids is 1. The number of thiol groups is 1. The number of aliphatic carboxylic acids is 1. The van der Waals surface area contributed by atoms with E-state index in [1.54, 1.807) is 20.8 Å². The fraction of sp³-hybridized carbons (Fsp3) is 0.778. The Morgan fingerprint density at radius 3 is 2.07 bits per heavy atom. The van der Waals surface area contributed by atoms with Crippen molar-refractivity contribution < 1.29 is 19.4 Å². The molecule has 88 valence electrons. The summed E-state index contributed by atoms with van der Waals surface area (Å²) in [4.78, 5) is 22.1. The molecule has 0 aliphatic heterocycles. The molecule has 1 atom stereocenters. The molecular formula is C9H17NO4S. The first kappa shape index (κ1) is 14.1. The largest absolute Gasteiger partial charge is 0.479 e. The Hall–Kier alpha value is -0.910. The number of rotatable bonds is 3. The van der Waals surface area contributed by atoms with E-state index in [4.69, 9.17) is 9.84 Å². The molecular weight excluding hydrogens is 218 g/mol. The SMILES string of the molecule is CC(C)(C)OC(=O)N[C@@](C)(CS)C(=O)O. The molecule has 0 saturated heterocycles. The van der Waals surface area contributed by atoms with Crippen LogP contribution in [-0.4, -0.2) is 34.1 Å². The number of ether oxygens (including phenoxy) is 1. The minimum Gasteiger partial charge on any atom is -0.479 e. The van der Waals surface area contributed by atoms with Gasteiger partial charge in [0.05, 0.1) is 0 Å². The van der Waals surface area contributed by atoms with E-state index in [0.29, 0.717) is 0 Å². The summed E-state index contributed by atoms with van der Waals surface area (Å²) < 4.78 is 4.94. The molecule has 0 aromatic carbocycles. The highest BCUT2D eigenvalue weighted by molar-refractivity contribution is 7.80. The Balaban J connectivity index is 4.45. The number of hydrogen-bond acceptors (Lipinski definition) is 4. The summed E-state index contributed by atoms with van der Waals surface area (Å²) in [6.07, 6.45) is -0.763. The second-order valence-corrected chi connectivity index (χ2v) is 4.74. The van der Waals surface area contributed by atoms with Crippen LogP contribution in [-0.2, 0) is 9.53 Å². The van der Waals surface area contributed by atoms with E-state index in [0.717, 1.165) is 0 Å². The van der Waals surface area contributed by atoms with Crippen LogP contribution in [0.25, 0.3) is 0 Å². The minimum atomic E-state index is -1.41. The fourth-order valence-electron chi connectivity index (χ4n) is 0.689. The summed E-state index contributed by atoms with van der Waals surface area (Å²) >= 11 is 3.88. The van der Waals surface area contributed by atoms with Crippen molar-refractivity contribution >= 4 is 24.7 Å². The predicted molar refractivity (Wildman–Crippen MR) is 59.3 cm³/mol. The van der Waals surface area contributed by atoms with E-state index in [-0.39, 0.29) is 5.75 Å². The van der Waals surface area contributed by atoms with Crippen molar-refractivity contribution in [1.82, 2.24) is 5.32 Å². The molecule has 6 heteroatoms. The van der Waals surface area contributed by atoms with E-state index >= 15 is 0 Å². The zero-order chi connectivity index (χ0) is 12.3. The van der Waals surface area contributed by atoms with Crippen LogP contribution in [0.3, 0.4) is 0 Å². The maximum Gasteiger partial charge on any atom is 0.408 e. The molecule has 1 amide bonds. The molecule has 0 aliphatic rings. The number of alkyl carbamates (subject to hydrolysis) is 1. The third-order valence-electron chi connectivity index (χ3n) is 1.57. The van der Waals surface area contributed by atoms with Gasteiger partial charge in [-0.3, -0.25) is 0 Å². The minimum absolute atomic E-state index is 0.0123. The van der Waals surface area contributed by atoms with Gasteiger partial charge in [0.2, 0.25) is 0 Å². The second-order valence-electron chi connectivity index (χ2n) is 4.42. The molecule has 0 radical (unpaired) electrons. The van der Waals surface area contributed by atoms with E-state index in [1.165, 1.54) is 6.92 Å². The zero-order valence-electron chi connectivity index (χ0n) is 9.33. The first-order valence-electron chi connectivity index (χ1n) is 4.46. The third-order valence-corrected chi connectivity index (χ3v) is 2.20. The van der Waals surface area contributed by atoms with Crippen LogP contribution in [0.4, 0.5) is 4.79 Å². The molecule has 15 heavy (non-hydrogen) atoms. The number of carbonyl (C=O) groups is 2. The lowest BCUT2D eigenvalue weighted by Gasteiger charge is -2.27. The number of hydrogen-bond donors (Lipinski definition) is 3. The van der Waals surface area contributed by atoms with Crippen molar-refractivity contribution in [3.05, 3.63) is 0 Å². The van der Waals surface area contributed by atoms with Crippen LogP contribution in [0.1, 0.15) is 27.7 Å². The average Bonchev–Trinajstić information content (AvgIpc) is 1.99. The second kappa shape index (κ2) is 4.74. The molecule has 0 aromatic heterocycles. The predicted octanol–water partition coefficient (Wildman–Crippen LogP) is 1.28. The summed E-state index contributed by atoms with van der Waals surface area (Å²) in [6, 6.07) is 0. The van der Waals surface area contributed by atoms with Crippen molar-refractivity contribution in [3.8, 4) is 0 Å². The van der Waals surface area contributed by atoms with E-state index in [9.17, 15) is 9.59 Å². The third kappa shape index (κ3) is 4.92. The van der Waals surface area contributed by atoms with Gasteiger partial charge in [0.1, 0.15) is 11.1 Å².